The molecule has 4 aromatic heterocycles. The minimum atomic E-state index is 0.427. The first-order valence-corrected chi connectivity index (χ1v) is 47.4. The van der Waals surface area contributed by atoms with Gasteiger partial charge in [-0.25, -0.2) is 9.97 Å². The van der Waals surface area contributed by atoms with Crippen molar-refractivity contribution >= 4 is 115 Å². The van der Waals surface area contributed by atoms with E-state index >= 15 is 0 Å². The number of hydrogen-bond acceptors (Lipinski definition) is 16. The predicted octanol–water partition coefficient (Wildman–Crippen LogP) is 32.9. The number of benzene rings is 16. The van der Waals surface area contributed by atoms with Crippen molar-refractivity contribution in [2.75, 3.05) is 19.6 Å². The van der Waals surface area contributed by atoms with Crippen molar-refractivity contribution in [2.24, 2.45) is 0 Å². The van der Waals surface area contributed by atoms with Crippen molar-refractivity contribution in [2.45, 2.75) is 39.2 Å². The average molecular weight is 1810 g/mol. The van der Waals surface area contributed by atoms with Gasteiger partial charge in [-0.1, -0.05) is 290 Å². The summed E-state index contributed by atoms with van der Waals surface area (Å²) < 4.78 is 0. The number of anilines is 12. The molecule has 24 rings (SSSR count). The Labute approximate surface area is 806 Å². The molecule has 20 aromatic rings. The summed E-state index contributed by atoms with van der Waals surface area (Å²) in [5.41, 5.74) is 32.6. The molecule has 0 saturated carbocycles. The fraction of sp³-hybridized carbons (Fsp3) is 0. The van der Waals surface area contributed by atoms with Crippen LogP contribution in [0.25, 0.3) is 89.3 Å². The maximum Gasteiger partial charge on any atom is 0.148 e. The van der Waals surface area contributed by atoms with Crippen LogP contribution in [0.15, 0.2) is 501 Å². The summed E-state index contributed by atoms with van der Waals surface area (Å²) in [4.78, 5) is 36.6. The molecular weight excluding hydrogens is 1740 g/mol. The van der Waals surface area contributed by atoms with E-state index in [9.17, 15) is 15.8 Å². The van der Waals surface area contributed by atoms with Crippen molar-refractivity contribution in [3.8, 4) is 114 Å². The van der Waals surface area contributed by atoms with Crippen molar-refractivity contribution in [1.82, 2.24) is 19.9 Å². The first kappa shape index (κ1) is 85.5. The highest BCUT2D eigenvalue weighted by atomic mass is 32.2. The lowest BCUT2D eigenvalue weighted by Gasteiger charge is -2.33. The van der Waals surface area contributed by atoms with Gasteiger partial charge in [-0.05, 0) is 250 Å². The number of para-hydroxylation sites is 8. The van der Waals surface area contributed by atoms with Crippen LogP contribution < -0.4 is 19.6 Å². The Morgan fingerprint density at radius 3 is 0.853 bits per heavy atom. The quantitative estimate of drug-likeness (QED) is 0.114. The standard InChI is InChI=1S/4C30H19N3S/c31-20-24-8-6-18-32-30(24)22-16-14-21(15-17-22)23-7-5-9-25(19-23)33-26-10-1-3-12-28(26)34-29-13-4-2-11-27(29)33;31-20-26-25(9-6-18-32-26)22-16-14-21(15-17-22)23-7-5-8-24(19-23)33-27-10-1-3-12-29(27)34-30-13-4-2-11-28(30)33;31-20-21-16-17-32-26(18-21)23-14-12-22(13-15-23)24-6-5-7-25(19-24)33-27-8-1-3-10-29(27)34-30-11-4-2-9-28(30)33;31-19-25-17-16-24(20-32-25)22-14-12-21(13-15-22)23-6-5-7-26(18-23)33-27-8-1-3-10-29(27)34-30-11-4-2-9-28(30)33/h3*1-19H;1-18,20H. The van der Waals surface area contributed by atoms with E-state index in [-0.39, 0.29) is 0 Å². The molecular formula is C120H76N12S4. The second kappa shape index (κ2) is 39.0. The molecule has 0 bridgehead atoms. The van der Waals surface area contributed by atoms with E-state index in [0.29, 0.717) is 28.2 Å². The fourth-order valence-corrected chi connectivity index (χ4v) is 21.6. The minimum Gasteiger partial charge on any atom is -0.308 e. The van der Waals surface area contributed by atoms with Gasteiger partial charge in [0.25, 0.3) is 0 Å². The Morgan fingerprint density at radius 2 is 0.522 bits per heavy atom. The molecule has 0 aliphatic carbocycles. The zero-order chi connectivity index (χ0) is 91.6. The molecule has 4 aliphatic heterocycles. The van der Waals surface area contributed by atoms with Crippen molar-refractivity contribution in [3.63, 3.8) is 0 Å². The highest BCUT2D eigenvalue weighted by Crippen LogP contribution is 2.57. The highest BCUT2D eigenvalue weighted by molar-refractivity contribution is 8.00. The van der Waals surface area contributed by atoms with Crippen LogP contribution in [0.2, 0.25) is 0 Å². The average Bonchev–Trinajstić information content (AvgIpc) is 0.768. The second-order valence-electron chi connectivity index (χ2n) is 32.1. The van der Waals surface area contributed by atoms with E-state index in [1.807, 2.05) is 83.4 Å². The van der Waals surface area contributed by atoms with Gasteiger partial charge in [0.15, 0.2) is 0 Å². The van der Waals surface area contributed by atoms with E-state index in [0.717, 1.165) is 106 Å². The highest BCUT2D eigenvalue weighted by Gasteiger charge is 2.30. The van der Waals surface area contributed by atoms with Gasteiger partial charge < -0.3 is 19.6 Å². The van der Waals surface area contributed by atoms with Crippen LogP contribution in [0, 0.1) is 45.3 Å². The summed E-state index contributed by atoms with van der Waals surface area (Å²) in [6, 6.07) is 160. The number of fused-ring (bicyclic) bond motifs is 8. The Balaban J connectivity index is 0.000000108. The molecule has 16 heteroatoms. The third kappa shape index (κ3) is 17.7. The second-order valence-corrected chi connectivity index (χ2v) is 36.4. The number of aromatic nitrogens is 4. The molecule has 0 radical (unpaired) electrons. The van der Waals surface area contributed by atoms with Crippen molar-refractivity contribution < 1.29 is 0 Å². The van der Waals surface area contributed by atoms with Crippen LogP contribution >= 0.6 is 47.0 Å². The topological polar surface area (TPSA) is 160 Å². The molecule has 8 heterocycles. The smallest absolute Gasteiger partial charge is 0.148 e. The van der Waals surface area contributed by atoms with E-state index in [2.05, 4.69) is 440 Å². The maximum absolute atomic E-state index is 9.41. The van der Waals surface area contributed by atoms with Gasteiger partial charge in [0.2, 0.25) is 0 Å². The normalized spacial score (nSPS) is 11.9. The number of hydrogen-bond donors (Lipinski definition) is 0. The largest absolute Gasteiger partial charge is 0.308 e. The third-order valence-corrected chi connectivity index (χ3v) is 28.4. The van der Waals surface area contributed by atoms with Crippen molar-refractivity contribution in [1.29, 1.82) is 21.0 Å². The predicted molar refractivity (Wildman–Crippen MR) is 555 cm³/mol. The van der Waals surface area contributed by atoms with Crippen LogP contribution in [0.5, 0.6) is 0 Å². The molecule has 0 saturated heterocycles. The van der Waals surface area contributed by atoms with Gasteiger partial charge in [-0.2, -0.15) is 21.0 Å². The van der Waals surface area contributed by atoms with Crippen LogP contribution in [-0.2, 0) is 0 Å². The third-order valence-electron chi connectivity index (χ3n) is 23.8. The van der Waals surface area contributed by atoms with Crippen molar-refractivity contribution in [3.05, 3.63) is 484 Å². The first-order valence-electron chi connectivity index (χ1n) is 44.1. The van der Waals surface area contributed by atoms with Gasteiger partial charge in [0.1, 0.15) is 29.6 Å². The minimum absolute atomic E-state index is 0.427. The summed E-state index contributed by atoms with van der Waals surface area (Å²) in [7, 11) is 0. The van der Waals surface area contributed by atoms with Crippen LogP contribution in [-0.4, -0.2) is 19.9 Å². The maximum atomic E-state index is 9.41. The van der Waals surface area contributed by atoms with Gasteiger partial charge in [0, 0.05) is 109 Å². The molecule has 640 valence electrons. The van der Waals surface area contributed by atoms with Crippen LogP contribution in [0.4, 0.5) is 68.2 Å². The van der Waals surface area contributed by atoms with Crippen LogP contribution in [0.3, 0.4) is 0 Å². The summed E-state index contributed by atoms with van der Waals surface area (Å²) in [5.74, 6) is 0. The summed E-state index contributed by atoms with van der Waals surface area (Å²) >= 11 is 7.26. The lowest BCUT2D eigenvalue weighted by Crippen LogP contribution is -2.14. The molecule has 0 N–H and O–H groups in total. The molecule has 0 amide bonds. The number of nitriles is 4. The van der Waals surface area contributed by atoms with E-state index < -0.39 is 0 Å². The zero-order valence-corrected chi connectivity index (χ0v) is 76.1. The molecule has 16 aromatic carbocycles. The van der Waals surface area contributed by atoms with E-state index in [1.165, 1.54) is 84.7 Å². The van der Waals surface area contributed by atoms with Gasteiger partial charge in [0.05, 0.1) is 74.1 Å². The SMILES string of the molecule is N#Cc1ccc(-c2ccc(-c3cccc(N4c5ccccc5Sc5ccccc54)c3)cc2)cn1.N#Cc1cccnc1-c1ccc(-c2cccc(N3c4ccccc4Sc4ccccc43)c2)cc1.N#Cc1ccnc(-c2ccc(-c3cccc(N4c5ccccc5Sc5ccccc54)c3)cc2)c1.N#Cc1ncccc1-c1ccc(-c2cccc(N3c4ccccc4Sc4ccccc43)c2)cc1. The first-order chi connectivity index (χ1) is 67.2. The molecule has 0 fully saturated rings. The Hall–Kier alpha value is -17.3. The molecule has 4 aliphatic rings. The molecule has 136 heavy (non-hydrogen) atoms. The van der Waals surface area contributed by atoms with E-state index in [4.69, 9.17) is 5.26 Å². The number of rotatable bonds is 12. The number of pyridine rings is 4. The Morgan fingerprint density at radius 1 is 0.206 bits per heavy atom. The lowest BCUT2D eigenvalue weighted by atomic mass is 9.99. The summed E-state index contributed by atoms with van der Waals surface area (Å²) in [6.45, 7) is 0. The Bertz CT molecular complexity index is 7670. The molecule has 0 unspecified atom stereocenters. The number of nitrogens with zero attached hydrogens (tertiary/aromatic N) is 12. The van der Waals surface area contributed by atoms with Crippen LogP contribution in [0.1, 0.15) is 22.5 Å². The summed E-state index contributed by atoms with van der Waals surface area (Å²) in [6.07, 6.45) is 6.80. The monoisotopic (exact) mass is 1810 g/mol. The molecule has 12 nitrogen and oxygen atoms in total. The van der Waals surface area contributed by atoms with E-state index in [1.54, 1.807) is 49.1 Å². The van der Waals surface area contributed by atoms with Gasteiger partial charge >= 0.3 is 0 Å². The molecule has 0 spiro atoms. The summed E-state index contributed by atoms with van der Waals surface area (Å²) in [5, 5.41) is 36.9. The fourth-order valence-electron chi connectivity index (χ4n) is 17.3. The van der Waals surface area contributed by atoms with Gasteiger partial charge in [-0.3, -0.25) is 9.97 Å². The Kier molecular flexibility index (Phi) is 24.5. The van der Waals surface area contributed by atoms with Gasteiger partial charge in [-0.15, -0.1) is 0 Å². The molecule has 0 atom stereocenters. The zero-order valence-electron chi connectivity index (χ0n) is 72.9. The lowest BCUT2D eigenvalue weighted by molar-refractivity contribution is 1.17.